The van der Waals surface area contributed by atoms with Crippen LogP contribution < -0.4 is 21.5 Å². The minimum atomic E-state index is -3.65. The van der Waals surface area contributed by atoms with Crippen molar-refractivity contribution in [1.82, 2.24) is 45.0 Å². The van der Waals surface area contributed by atoms with Gasteiger partial charge >= 0.3 is 0 Å². The predicted octanol–water partition coefficient (Wildman–Crippen LogP) is 1.05. The average molecular weight is 727 g/mol. The van der Waals surface area contributed by atoms with Gasteiger partial charge in [-0.15, -0.1) is 10.2 Å². The van der Waals surface area contributed by atoms with Crippen LogP contribution in [0.4, 0.5) is 0 Å². The largest absolute Gasteiger partial charge is 0.384 e. The van der Waals surface area contributed by atoms with Crippen LogP contribution in [-0.4, -0.2) is 79.9 Å². The van der Waals surface area contributed by atoms with Gasteiger partial charge in [-0.2, -0.15) is 0 Å². The summed E-state index contributed by atoms with van der Waals surface area (Å²) in [6.45, 7) is 3.64. The fraction of sp³-hybridized carbons (Fsp3) is 0.371. The Balaban J connectivity index is 0.886. The van der Waals surface area contributed by atoms with Gasteiger partial charge in [0.25, 0.3) is 0 Å². The SMILES string of the molecule is CC(Cc1cn(Cc2cccc(Cn3cc(CC(NS(=O)(=O)Cc4ccccc4)C4OC4N)nn3)n2)nn1)C1OC1NCc1ccc(C(=N)N)cc1. The van der Waals surface area contributed by atoms with Crippen LogP contribution in [0.3, 0.4) is 0 Å². The molecule has 0 amide bonds. The Morgan fingerprint density at radius 3 is 2.10 bits per heavy atom. The summed E-state index contributed by atoms with van der Waals surface area (Å²) in [7, 11) is -3.65. The third kappa shape index (κ3) is 9.49. The van der Waals surface area contributed by atoms with Gasteiger partial charge in [-0.3, -0.25) is 15.7 Å². The van der Waals surface area contributed by atoms with Crippen molar-refractivity contribution in [1.29, 1.82) is 5.41 Å². The smallest absolute Gasteiger partial charge is 0.216 e. The first kappa shape index (κ1) is 35.5. The molecule has 17 heteroatoms. The van der Waals surface area contributed by atoms with E-state index in [1.165, 1.54) is 0 Å². The number of pyridine rings is 1. The van der Waals surface area contributed by atoms with Crippen LogP contribution in [0.5, 0.6) is 0 Å². The maximum absolute atomic E-state index is 12.9. The standard InChI is InChI=1S/C35H42N12O4S/c1-22(31-35(51-31)39-16-23-10-12-25(13-11-23)33(36)37)14-28-19-46(44-41-28)17-26-8-5-9-27(40-26)18-47-20-29(42-45-47)15-30(32-34(38)50-32)43-52(48,49)21-24-6-3-2-4-7-24/h2-13,19-20,22,30-32,34-35,39,43H,14-18,21,38H2,1H3,(H3,36,37). The number of nitrogens with zero attached hydrogens (tertiary/aromatic N) is 7. The van der Waals surface area contributed by atoms with Crippen molar-refractivity contribution in [3.63, 3.8) is 0 Å². The zero-order chi connectivity index (χ0) is 36.2. The molecular weight excluding hydrogens is 685 g/mol. The first-order chi connectivity index (χ1) is 25.1. The molecule has 3 aromatic heterocycles. The van der Waals surface area contributed by atoms with Crippen LogP contribution in [0.15, 0.2) is 85.2 Å². The van der Waals surface area contributed by atoms with Crippen LogP contribution in [0.25, 0.3) is 0 Å². The van der Waals surface area contributed by atoms with Crippen LogP contribution in [-0.2, 0) is 57.7 Å². The predicted molar refractivity (Wildman–Crippen MR) is 191 cm³/mol. The molecule has 2 fully saturated rings. The molecule has 7 N–H and O–H groups in total. The number of aromatic nitrogens is 7. The molecule has 0 bridgehead atoms. The van der Waals surface area contributed by atoms with Gasteiger partial charge in [0, 0.05) is 30.9 Å². The van der Waals surface area contributed by atoms with Gasteiger partial charge in [0.2, 0.25) is 10.0 Å². The second-order valence-electron chi connectivity index (χ2n) is 13.4. The summed E-state index contributed by atoms with van der Waals surface area (Å²) in [6.07, 6.45) is 3.81. The highest BCUT2D eigenvalue weighted by atomic mass is 32.2. The van der Waals surface area contributed by atoms with Crippen LogP contribution in [0.2, 0.25) is 0 Å². The Morgan fingerprint density at radius 1 is 0.846 bits per heavy atom. The lowest BCUT2D eigenvalue weighted by Crippen LogP contribution is -2.42. The second kappa shape index (κ2) is 15.4. The lowest BCUT2D eigenvalue weighted by Gasteiger charge is -2.16. The molecule has 2 saturated heterocycles. The van der Waals surface area contributed by atoms with Gasteiger partial charge in [-0.25, -0.2) is 22.5 Å². The minimum Gasteiger partial charge on any atom is -0.384 e. The molecule has 6 atom stereocenters. The maximum atomic E-state index is 12.9. The van der Waals surface area contributed by atoms with Gasteiger partial charge in [0.15, 0.2) is 0 Å². The summed E-state index contributed by atoms with van der Waals surface area (Å²) in [6, 6.07) is 21.8. The van der Waals surface area contributed by atoms with Gasteiger partial charge < -0.3 is 20.9 Å². The molecule has 2 aliphatic heterocycles. The molecule has 0 aliphatic carbocycles. The van der Waals surface area contributed by atoms with Crippen molar-refractivity contribution in [2.75, 3.05) is 0 Å². The number of epoxide rings is 2. The molecule has 7 rings (SSSR count). The third-order valence-electron chi connectivity index (χ3n) is 8.99. The van der Waals surface area contributed by atoms with E-state index in [-0.39, 0.29) is 36.3 Å². The first-order valence-corrected chi connectivity index (χ1v) is 18.7. The van der Waals surface area contributed by atoms with Crippen LogP contribution in [0.1, 0.15) is 46.4 Å². The van der Waals surface area contributed by atoms with Gasteiger partial charge in [0.1, 0.15) is 30.5 Å². The lowest BCUT2D eigenvalue weighted by atomic mass is 10.0. The summed E-state index contributed by atoms with van der Waals surface area (Å²) in [5.74, 6) is 0.156. The highest BCUT2D eigenvalue weighted by Gasteiger charge is 2.44. The quantitative estimate of drug-likeness (QED) is 0.0485. The number of ether oxygens (including phenoxy) is 2. The first-order valence-electron chi connectivity index (χ1n) is 17.1. The molecule has 0 radical (unpaired) electrons. The van der Waals surface area contributed by atoms with E-state index in [0.29, 0.717) is 36.5 Å². The van der Waals surface area contributed by atoms with Crippen molar-refractivity contribution < 1.29 is 17.9 Å². The Kier molecular flexibility index (Phi) is 10.5. The summed E-state index contributed by atoms with van der Waals surface area (Å²) < 4.78 is 43.4. The van der Waals surface area contributed by atoms with Gasteiger partial charge in [-0.05, 0) is 35.6 Å². The van der Waals surface area contributed by atoms with E-state index < -0.39 is 28.4 Å². The lowest BCUT2D eigenvalue weighted by molar-refractivity contribution is 0.310. The fourth-order valence-electron chi connectivity index (χ4n) is 6.22. The maximum Gasteiger partial charge on any atom is 0.216 e. The molecule has 5 heterocycles. The monoisotopic (exact) mass is 726 g/mol. The van der Waals surface area contributed by atoms with E-state index in [0.717, 1.165) is 29.1 Å². The number of amidine groups is 1. The number of hydrogen-bond donors (Lipinski definition) is 5. The minimum absolute atomic E-state index is 0.0183. The van der Waals surface area contributed by atoms with Crippen molar-refractivity contribution >= 4 is 15.9 Å². The number of nitrogens with two attached hydrogens (primary N) is 2. The van der Waals surface area contributed by atoms with Crippen molar-refractivity contribution in [3.8, 4) is 0 Å². The zero-order valence-corrected chi connectivity index (χ0v) is 29.4. The third-order valence-corrected chi connectivity index (χ3v) is 10.4. The van der Waals surface area contributed by atoms with Crippen molar-refractivity contribution in [2.45, 2.75) is 75.9 Å². The molecule has 52 heavy (non-hydrogen) atoms. The molecule has 16 nitrogen and oxygen atoms in total. The molecule has 5 aromatic rings. The average Bonchev–Trinajstić information content (AvgIpc) is 3.96. The van der Waals surface area contributed by atoms with E-state index in [9.17, 15) is 8.42 Å². The fourth-order valence-corrected chi connectivity index (χ4v) is 7.61. The normalized spacial score (nSPS) is 20.7. The summed E-state index contributed by atoms with van der Waals surface area (Å²) >= 11 is 0. The molecule has 2 aromatic carbocycles. The molecule has 0 saturated carbocycles. The number of nitrogens with one attached hydrogen (secondary N) is 3. The molecule has 2 aliphatic rings. The van der Waals surface area contributed by atoms with Crippen LogP contribution >= 0.6 is 0 Å². The number of benzene rings is 2. The number of sulfonamides is 1. The van der Waals surface area contributed by atoms with E-state index in [1.807, 2.05) is 54.7 Å². The van der Waals surface area contributed by atoms with E-state index in [1.54, 1.807) is 39.8 Å². The molecule has 272 valence electrons. The van der Waals surface area contributed by atoms with E-state index in [4.69, 9.17) is 31.3 Å². The second-order valence-corrected chi connectivity index (χ2v) is 15.1. The topological polar surface area (TPSA) is 233 Å². The van der Waals surface area contributed by atoms with Gasteiger partial charge in [0.05, 0.1) is 47.7 Å². The highest BCUT2D eigenvalue weighted by molar-refractivity contribution is 7.88. The van der Waals surface area contributed by atoms with Crippen LogP contribution in [0, 0.1) is 11.3 Å². The van der Waals surface area contributed by atoms with Crippen molar-refractivity contribution in [2.24, 2.45) is 17.4 Å². The Morgan fingerprint density at radius 2 is 1.48 bits per heavy atom. The summed E-state index contributed by atoms with van der Waals surface area (Å²) in [5, 5.41) is 28.2. The molecule has 0 spiro atoms. The number of hydrogen-bond acceptors (Lipinski definition) is 12. The Bertz CT molecular complexity index is 2090. The molecular formula is C35H42N12O4S. The zero-order valence-electron chi connectivity index (χ0n) is 28.6. The number of rotatable bonds is 18. The summed E-state index contributed by atoms with van der Waals surface area (Å²) in [5.41, 5.74) is 17.0. The summed E-state index contributed by atoms with van der Waals surface area (Å²) in [4.78, 5) is 4.80. The Labute approximate surface area is 301 Å². The Hall–Kier alpha value is -4.91. The highest BCUT2D eigenvalue weighted by Crippen LogP contribution is 2.30. The molecule has 6 unspecified atom stereocenters. The van der Waals surface area contributed by atoms with Crippen molar-refractivity contribution in [3.05, 3.63) is 125 Å². The number of nitrogen functional groups attached to an aromatic ring is 1. The van der Waals surface area contributed by atoms with E-state index >= 15 is 0 Å². The van der Waals surface area contributed by atoms with E-state index in [2.05, 4.69) is 37.6 Å². The van der Waals surface area contributed by atoms with Gasteiger partial charge in [-0.1, -0.05) is 78.0 Å².